The van der Waals surface area contributed by atoms with Crippen LogP contribution in [-0.2, 0) is 22.6 Å². The van der Waals surface area contributed by atoms with E-state index in [2.05, 4.69) is 10.5 Å². The lowest BCUT2D eigenvalue weighted by Crippen LogP contribution is -2.43. The van der Waals surface area contributed by atoms with Crippen LogP contribution in [0.5, 0.6) is 0 Å². The van der Waals surface area contributed by atoms with Crippen molar-refractivity contribution in [1.29, 1.82) is 0 Å². The van der Waals surface area contributed by atoms with Gasteiger partial charge in [0.15, 0.2) is 11.5 Å². The van der Waals surface area contributed by atoms with Crippen LogP contribution >= 0.6 is 11.3 Å². The van der Waals surface area contributed by atoms with Crippen molar-refractivity contribution < 1.29 is 23.3 Å². The molecule has 4 rings (SSSR count). The molecule has 152 valence electrons. The van der Waals surface area contributed by atoms with Gasteiger partial charge in [-0.25, -0.2) is 4.79 Å². The highest BCUT2D eigenvalue weighted by Gasteiger charge is 2.25. The smallest absolute Gasteiger partial charge is 0.329 e. The monoisotopic (exact) mass is 422 g/mol. The van der Waals surface area contributed by atoms with Crippen molar-refractivity contribution in [2.75, 3.05) is 0 Å². The summed E-state index contributed by atoms with van der Waals surface area (Å²) in [6, 6.07) is 17.2. The maximum absolute atomic E-state index is 12.7. The van der Waals surface area contributed by atoms with Gasteiger partial charge < -0.3 is 19.0 Å². The zero-order valence-electron chi connectivity index (χ0n) is 15.8. The Labute approximate surface area is 176 Å². The molecule has 3 aromatic heterocycles. The van der Waals surface area contributed by atoms with Gasteiger partial charge in [-0.1, -0.05) is 41.6 Å². The van der Waals surface area contributed by atoms with Gasteiger partial charge in [-0.15, -0.1) is 11.3 Å². The fraction of sp³-hybridized carbons (Fsp3) is 0.136. The van der Waals surface area contributed by atoms with Gasteiger partial charge in [0, 0.05) is 12.5 Å². The molecule has 8 heteroatoms. The van der Waals surface area contributed by atoms with Gasteiger partial charge in [0.25, 0.3) is 5.91 Å². The van der Waals surface area contributed by atoms with Gasteiger partial charge in [0.1, 0.15) is 18.3 Å². The topological polar surface area (TPSA) is 94.6 Å². The minimum absolute atomic E-state index is 0.0599. The number of ether oxygens (including phenoxy) is 1. The normalized spacial score (nSPS) is 11.7. The van der Waals surface area contributed by atoms with Crippen LogP contribution in [-0.4, -0.2) is 23.1 Å². The lowest BCUT2D eigenvalue weighted by Gasteiger charge is -2.17. The maximum Gasteiger partial charge on any atom is 0.329 e. The Bertz CT molecular complexity index is 1090. The summed E-state index contributed by atoms with van der Waals surface area (Å²) in [6.45, 7) is -0.0599. The predicted molar refractivity (Wildman–Crippen MR) is 110 cm³/mol. The van der Waals surface area contributed by atoms with Gasteiger partial charge in [-0.2, -0.15) is 0 Å². The highest BCUT2D eigenvalue weighted by atomic mass is 32.1. The Morgan fingerprint density at radius 1 is 1.10 bits per heavy atom. The van der Waals surface area contributed by atoms with Crippen LogP contribution in [0.4, 0.5) is 0 Å². The van der Waals surface area contributed by atoms with Crippen molar-refractivity contribution in [3.63, 3.8) is 0 Å². The molecule has 0 unspecified atom stereocenters. The van der Waals surface area contributed by atoms with E-state index >= 15 is 0 Å². The first-order valence-corrected chi connectivity index (χ1v) is 10.1. The van der Waals surface area contributed by atoms with E-state index in [0.29, 0.717) is 11.5 Å². The molecule has 0 saturated carbocycles. The largest absolute Gasteiger partial charge is 0.459 e. The van der Waals surface area contributed by atoms with Crippen LogP contribution in [0.3, 0.4) is 0 Å². The number of nitrogens with zero attached hydrogens (tertiary/aromatic N) is 1. The molecule has 1 amide bonds. The van der Waals surface area contributed by atoms with E-state index in [1.807, 2.05) is 47.8 Å². The number of nitrogens with one attached hydrogen (secondary N) is 1. The third-order valence-electron chi connectivity index (χ3n) is 4.30. The first-order chi connectivity index (χ1) is 14.7. The fourth-order valence-electron chi connectivity index (χ4n) is 2.84. The van der Waals surface area contributed by atoms with Crippen molar-refractivity contribution >= 4 is 23.2 Å². The van der Waals surface area contributed by atoms with Gasteiger partial charge >= 0.3 is 5.97 Å². The molecule has 0 aliphatic heterocycles. The van der Waals surface area contributed by atoms with E-state index in [1.165, 1.54) is 23.7 Å². The minimum atomic E-state index is -0.881. The molecular weight excluding hydrogens is 404 g/mol. The number of carbonyl (C=O) groups is 2. The molecule has 3 heterocycles. The Morgan fingerprint density at radius 3 is 2.70 bits per heavy atom. The average molecular weight is 422 g/mol. The number of carbonyl (C=O) groups excluding carboxylic acids is 2. The van der Waals surface area contributed by atoms with E-state index in [9.17, 15) is 9.59 Å². The van der Waals surface area contributed by atoms with E-state index in [-0.39, 0.29) is 18.8 Å². The molecule has 1 aromatic carbocycles. The maximum atomic E-state index is 12.7. The van der Waals surface area contributed by atoms with Gasteiger partial charge in [-0.05, 0) is 29.1 Å². The molecule has 0 aliphatic rings. The average Bonchev–Trinajstić information content (AvgIpc) is 3.54. The molecule has 4 aromatic rings. The molecular formula is C22H18N2O5S. The first kappa shape index (κ1) is 19.7. The number of hydrogen-bond donors (Lipinski definition) is 1. The van der Waals surface area contributed by atoms with Crippen LogP contribution in [0.25, 0.3) is 10.6 Å². The lowest BCUT2D eigenvalue weighted by atomic mass is 10.1. The van der Waals surface area contributed by atoms with Crippen molar-refractivity contribution in [3.05, 3.63) is 89.3 Å². The number of thiophene rings is 1. The van der Waals surface area contributed by atoms with Crippen molar-refractivity contribution in [1.82, 2.24) is 10.5 Å². The Morgan fingerprint density at radius 2 is 1.97 bits per heavy atom. The molecule has 7 nitrogen and oxygen atoms in total. The minimum Gasteiger partial charge on any atom is -0.459 e. The van der Waals surface area contributed by atoms with Gasteiger partial charge in [0.05, 0.1) is 11.1 Å². The molecule has 1 atom stereocenters. The number of rotatable bonds is 8. The second-order valence-electron chi connectivity index (χ2n) is 6.46. The summed E-state index contributed by atoms with van der Waals surface area (Å²) in [6.07, 6.45) is 1.68. The number of esters is 1. The summed E-state index contributed by atoms with van der Waals surface area (Å²) in [5, 5.41) is 8.56. The molecule has 0 radical (unpaired) electrons. The van der Waals surface area contributed by atoms with Crippen LogP contribution in [0.1, 0.15) is 21.8 Å². The van der Waals surface area contributed by atoms with Crippen LogP contribution in [0, 0.1) is 0 Å². The molecule has 0 fully saturated rings. The predicted octanol–water partition coefficient (Wildman–Crippen LogP) is 4.08. The quantitative estimate of drug-likeness (QED) is 0.430. The van der Waals surface area contributed by atoms with Crippen molar-refractivity contribution in [2.45, 2.75) is 19.1 Å². The summed E-state index contributed by atoms with van der Waals surface area (Å²) in [7, 11) is 0. The van der Waals surface area contributed by atoms with Gasteiger partial charge in [0.2, 0.25) is 0 Å². The molecule has 0 aliphatic carbocycles. The van der Waals surface area contributed by atoms with E-state index in [1.54, 1.807) is 12.1 Å². The SMILES string of the molecule is O=C(N[C@@H](Cc1ccccc1)C(=O)OCc1cc(-c2cccs2)on1)c1ccco1. The number of hydrogen-bond acceptors (Lipinski definition) is 7. The molecule has 0 bridgehead atoms. The number of benzene rings is 1. The lowest BCUT2D eigenvalue weighted by molar-refractivity contribution is -0.147. The summed E-state index contributed by atoms with van der Waals surface area (Å²) >= 11 is 1.53. The van der Waals surface area contributed by atoms with Crippen LogP contribution < -0.4 is 5.32 Å². The molecule has 0 saturated heterocycles. The number of amides is 1. The second kappa shape index (κ2) is 9.23. The standard InChI is InChI=1S/C22H18N2O5S/c25-21(18-8-4-10-27-18)23-17(12-15-6-2-1-3-7-15)22(26)28-14-16-13-19(29-24-16)20-9-5-11-30-20/h1-11,13,17H,12,14H2,(H,23,25)/t17-/m0/s1. The fourth-order valence-corrected chi connectivity index (χ4v) is 3.51. The summed E-state index contributed by atoms with van der Waals surface area (Å²) in [5.41, 5.74) is 1.38. The zero-order chi connectivity index (χ0) is 20.8. The Balaban J connectivity index is 1.42. The highest BCUT2D eigenvalue weighted by Crippen LogP contribution is 2.25. The second-order valence-corrected chi connectivity index (χ2v) is 7.41. The van der Waals surface area contributed by atoms with E-state index in [4.69, 9.17) is 13.7 Å². The van der Waals surface area contributed by atoms with E-state index in [0.717, 1.165) is 10.4 Å². The Hall–Kier alpha value is -3.65. The zero-order valence-corrected chi connectivity index (χ0v) is 16.6. The van der Waals surface area contributed by atoms with Crippen molar-refractivity contribution in [3.8, 4) is 10.6 Å². The summed E-state index contributed by atoms with van der Waals surface area (Å²) < 4.78 is 15.8. The number of aromatic nitrogens is 1. The molecule has 30 heavy (non-hydrogen) atoms. The van der Waals surface area contributed by atoms with Crippen LogP contribution in [0.2, 0.25) is 0 Å². The van der Waals surface area contributed by atoms with E-state index < -0.39 is 17.9 Å². The summed E-state index contributed by atoms with van der Waals surface area (Å²) in [4.78, 5) is 26.1. The molecule has 1 N–H and O–H groups in total. The first-order valence-electron chi connectivity index (χ1n) is 9.23. The highest BCUT2D eigenvalue weighted by molar-refractivity contribution is 7.13. The van der Waals surface area contributed by atoms with Gasteiger partial charge in [-0.3, -0.25) is 4.79 Å². The summed E-state index contributed by atoms with van der Waals surface area (Å²) in [5.74, 6) is -0.320. The van der Waals surface area contributed by atoms with Crippen LogP contribution in [0.15, 0.2) is 81.2 Å². The third kappa shape index (κ3) is 4.84. The number of furan rings is 1. The molecule has 0 spiro atoms. The van der Waals surface area contributed by atoms with Crippen molar-refractivity contribution in [2.24, 2.45) is 0 Å². The Kier molecular flexibility index (Phi) is 6.05. The third-order valence-corrected chi connectivity index (χ3v) is 5.19.